The van der Waals surface area contributed by atoms with E-state index in [4.69, 9.17) is 14.2 Å². The molecule has 0 saturated carbocycles. The molecule has 5 nitrogen and oxygen atoms in total. The molecule has 140 valence electrons. The fraction of sp³-hybridized carbons (Fsp3) is 0.318. The van der Waals surface area contributed by atoms with Crippen molar-refractivity contribution in [2.24, 2.45) is 0 Å². The molecule has 0 spiro atoms. The van der Waals surface area contributed by atoms with E-state index in [2.05, 4.69) is 29.4 Å². The van der Waals surface area contributed by atoms with Gasteiger partial charge < -0.3 is 14.2 Å². The first kappa shape index (κ1) is 17.6. The van der Waals surface area contributed by atoms with Crippen LogP contribution in [-0.4, -0.2) is 29.8 Å². The Morgan fingerprint density at radius 2 is 2.00 bits per heavy atom. The number of hydrogen-bond acceptors (Lipinski definition) is 4. The number of aromatic nitrogens is 2. The molecule has 0 N–H and O–H groups in total. The van der Waals surface area contributed by atoms with Gasteiger partial charge in [0.25, 0.3) is 0 Å². The molecule has 5 heteroatoms. The predicted molar refractivity (Wildman–Crippen MR) is 104 cm³/mol. The van der Waals surface area contributed by atoms with Crippen molar-refractivity contribution in [1.29, 1.82) is 0 Å². The number of benzene rings is 2. The summed E-state index contributed by atoms with van der Waals surface area (Å²) in [5, 5.41) is 4.50. The number of hydrogen-bond donors (Lipinski definition) is 0. The highest BCUT2D eigenvalue weighted by Crippen LogP contribution is 2.34. The average molecular weight is 364 g/mol. The summed E-state index contributed by atoms with van der Waals surface area (Å²) >= 11 is 0. The first-order valence-corrected chi connectivity index (χ1v) is 9.36. The maximum Gasteiger partial charge on any atom is 0.200 e. The molecule has 27 heavy (non-hydrogen) atoms. The summed E-state index contributed by atoms with van der Waals surface area (Å²) in [4.78, 5) is 0. The monoisotopic (exact) mass is 364 g/mol. The Balaban J connectivity index is 1.55. The second kappa shape index (κ2) is 8.27. The van der Waals surface area contributed by atoms with Crippen LogP contribution in [0.25, 0.3) is 11.3 Å². The van der Waals surface area contributed by atoms with Gasteiger partial charge in [0.1, 0.15) is 0 Å². The highest BCUT2D eigenvalue weighted by Gasteiger charge is 2.19. The maximum atomic E-state index is 6.03. The van der Waals surface area contributed by atoms with Crippen LogP contribution in [0.3, 0.4) is 0 Å². The molecule has 1 aliphatic rings. The quantitative estimate of drug-likeness (QED) is 0.626. The van der Waals surface area contributed by atoms with E-state index in [9.17, 15) is 0 Å². The van der Waals surface area contributed by atoms with E-state index in [-0.39, 0.29) is 6.29 Å². The van der Waals surface area contributed by atoms with Gasteiger partial charge in [-0.05, 0) is 42.7 Å². The van der Waals surface area contributed by atoms with E-state index in [1.165, 1.54) is 5.56 Å². The third-order valence-corrected chi connectivity index (χ3v) is 4.78. The largest absolute Gasteiger partial charge is 0.493 e. The first-order valence-electron chi connectivity index (χ1n) is 9.36. The summed E-state index contributed by atoms with van der Waals surface area (Å²) in [5.74, 6) is 1.42. The zero-order chi connectivity index (χ0) is 18.5. The molecule has 1 fully saturated rings. The van der Waals surface area contributed by atoms with Gasteiger partial charge in [0.05, 0.1) is 19.4 Å². The van der Waals surface area contributed by atoms with Crippen molar-refractivity contribution in [2.75, 3.05) is 13.7 Å². The van der Waals surface area contributed by atoms with E-state index < -0.39 is 0 Å². The lowest BCUT2D eigenvalue weighted by atomic mass is 10.1. The van der Waals surface area contributed by atoms with Gasteiger partial charge in [0.15, 0.2) is 17.8 Å². The molecule has 3 aromatic rings. The van der Waals surface area contributed by atoms with E-state index in [0.717, 1.165) is 43.7 Å². The summed E-state index contributed by atoms with van der Waals surface area (Å²) in [6.45, 7) is 1.57. The van der Waals surface area contributed by atoms with E-state index in [1.807, 2.05) is 41.2 Å². The van der Waals surface area contributed by atoms with E-state index >= 15 is 0 Å². The smallest absolute Gasteiger partial charge is 0.200 e. The van der Waals surface area contributed by atoms with Crippen LogP contribution >= 0.6 is 0 Å². The van der Waals surface area contributed by atoms with Gasteiger partial charge >= 0.3 is 0 Å². The van der Waals surface area contributed by atoms with Crippen LogP contribution < -0.4 is 9.47 Å². The Kier molecular flexibility index (Phi) is 5.39. The molecule has 2 heterocycles. The highest BCUT2D eigenvalue weighted by molar-refractivity contribution is 5.64. The lowest BCUT2D eigenvalue weighted by Crippen LogP contribution is -2.14. The van der Waals surface area contributed by atoms with Crippen LogP contribution in [0.4, 0.5) is 0 Å². The number of methoxy groups -OCH3 is 1. The van der Waals surface area contributed by atoms with Crippen molar-refractivity contribution < 1.29 is 14.2 Å². The minimum absolute atomic E-state index is 0.197. The number of ether oxygens (including phenoxy) is 3. The number of aryl methyl sites for hydroxylation is 2. The number of nitrogens with zero attached hydrogens (tertiary/aromatic N) is 2. The molecule has 4 rings (SSSR count). The molecule has 1 aromatic heterocycles. The van der Waals surface area contributed by atoms with E-state index in [0.29, 0.717) is 11.5 Å². The molecule has 0 aliphatic carbocycles. The molecule has 0 amide bonds. The predicted octanol–water partition coefficient (Wildman–Crippen LogP) is 4.32. The Morgan fingerprint density at radius 3 is 2.78 bits per heavy atom. The van der Waals surface area contributed by atoms with Crippen LogP contribution in [0.15, 0.2) is 60.8 Å². The van der Waals surface area contributed by atoms with Crippen LogP contribution in [0, 0.1) is 0 Å². The van der Waals surface area contributed by atoms with Gasteiger partial charge in [-0.2, -0.15) is 5.10 Å². The maximum absolute atomic E-state index is 6.03. The van der Waals surface area contributed by atoms with Crippen LogP contribution in [0.1, 0.15) is 18.4 Å². The molecule has 1 aliphatic heterocycles. The summed E-state index contributed by atoms with van der Waals surface area (Å²) in [6, 6.07) is 18.5. The fourth-order valence-corrected chi connectivity index (χ4v) is 3.35. The summed E-state index contributed by atoms with van der Waals surface area (Å²) in [5.41, 5.74) is 3.41. The SMILES string of the molecule is COc1ccc(-c2ccnn2CCc2ccccc2)cc1O[C@H]1CCCO1. The van der Waals surface area contributed by atoms with Gasteiger partial charge in [-0.15, -0.1) is 0 Å². The van der Waals surface area contributed by atoms with Crippen molar-refractivity contribution >= 4 is 0 Å². The fourth-order valence-electron chi connectivity index (χ4n) is 3.35. The molecule has 0 radical (unpaired) electrons. The van der Waals surface area contributed by atoms with E-state index in [1.54, 1.807) is 7.11 Å². The summed E-state index contributed by atoms with van der Waals surface area (Å²) in [7, 11) is 1.65. The Bertz CT molecular complexity index is 870. The van der Waals surface area contributed by atoms with Gasteiger partial charge in [0, 0.05) is 24.7 Å². The van der Waals surface area contributed by atoms with Crippen molar-refractivity contribution in [3.63, 3.8) is 0 Å². The van der Waals surface area contributed by atoms with Crippen molar-refractivity contribution in [2.45, 2.75) is 32.1 Å². The molecule has 2 aromatic carbocycles. The zero-order valence-electron chi connectivity index (χ0n) is 15.5. The lowest BCUT2D eigenvalue weighted by molar-refractivity contribution is -0.0402. The highest BCUT2D eigenvalue weighted by atomic mass is 16.7. The van der Waals surface area contributed by atoms with Crippen LogP contribution in [0.5, 0.6) is 11.5 Å². The topological polar surface area (TPSA) is 45.5 Å². The second-order valence-corrected chi connectivity index (χ2v) is 6.60. The molecule has 1 atom stereocenters. The van der Waals surface area contributed by atoms with Gasteiger partial charge in [-0.25, -0.2) is 0 Å². The summed E-state index contributed by atoms with van der Waals surface area (Å²) in [6.07, 6.45) is 4.51. The third-order valence-electron chi connectivity index (χ3n) is 4.78. The lowest BCUT2D eigenvalue weighted by Gasteiger charge is -2.17. The molecule has 0 bridgehead atoms. The first-order chi connectivity index (χ1) is 13.3. The molecular weight excluding hydrogens is 340 g/mol. The zero-order valence-corrected chi connectivity index (χ0v) is 15.5. The Labute approximate surface area is 159 Å². The number of rotatable bonds is 7. The summed E-state index contributed by atoms with van der Waals surface area (Å²) < 4.78 is 19.1. The van der Waals surface area contributed by atoms with Crippen LogP contribution in [0.2, 0.25) is 0 Å². The minimum Gasteiger partial charge on any atom is -0.493 e. The average Bonchev–Trinajstić information content (AvgIpc) is 3.39. The van der Waals surface area contributed by atoms with Gasteiger partial charge in [-0.1, -0.05) is 30.3 Å². The van der Waals surface area contributed by atoms with Gasteiger partial charge in [0.2, 0.25) is 0 Å². The van der Waals surface area contributed by atoms with Crippen molar-refractivity contribution in [3.05, 3.63) is 66.4 Å². The molecule has 0 unspecified atom stereocenters. The minimum atomic E-state index is -0.197. The van der Waals surface area contributed by atoms with Crippen molar-refractivity contribution in [1.82, 2.24) is 9.78 Å². The molecular formula is C22H24N2O3. The Morgan fingerprint density at radius 1 is 1.11 bits per heavy atom. The van der Waals surface area contributed by atoms with Crippen molar-refractivity contribution in [3.8, 4) is 22.8 Å². The van der Waals surface area contributed by atoms with Gasteiger partial charge in [-0.3, -0.25) is 4.68 Å². The molecule has 1 saturated heterocycles. The third kappa shape index (κ3) is 4.14. The second-order valence-electron chi connectivity index (χ2n) is 6.60. The normalized spacial score (nSPS) is 16.4. The Hall–Kier alpha value is -2.79. The standard InChI is InChI=1S/C22H24N2O3/c1-25-20-10-9-18(16-21(20)27-22-8-5-15-26-22)19-11-13-23-24(19)14-12-17-6-3-2-4-7-17/h2-4,6-7,9-11,13,16,22H,5,8,12,14-15H2,1H3/t22-/m0/s1. The van der Waals surface area contributed by atoms with Crippen LogP contribution in [-0.2, 0) is 17.7 Å².